The average Bonchev–Trinajstić information content (AvgIpc) is 2.38. The maximum Gasteiger partial charge on any atom is 0.243 e. The first-order chi connectivity index (χ1) is 8.95. The Kier molecular flexibility index (Phi) is 5.51. The van der Waals surface area contributed by atoms with E-state index in [1.54, 1.807) is 14.0 Å². The molecule has 0 aliphatic carbocycles. The number of hydrogen-bond acceptors (Lipinski definition) is 3. The SMILES string of the molecule is CCc1ccccc1NC(=O)CN(C)C(=O)[C@@H](C)N. The zero-order valence-electron chi connectivity index (χ0n) is 11.6. The fourth-order valence-electron chi connectivity index (χ4n) is 1.78. The van der Waals surface area contributed by atoms with Gasteiger partial charge in [0.25, 0.3) is 0 Å². The van der Waals surface area contributed by atoms with Crippen molar-refractivity contribution in [2.24, 2.45) is 5.73 Å². The van der Waals surface area contributed by atoms with Crippen LogP contribution in [0.3, 0.4) is 0 Å². The second-order valence-electron chi connectivity index (χ2n) is 4.54. The van der Waals surface area contributed by atoms with Gasteiger partial charge in [0, 0.05) is 12.7 Å². The summed E-state index contributed by atoms with van der Waals surface area (Å²) in [6.07, 6.45) is 0.838. The molecule has 1 atom stereocenters. The van der Waals surface area contributed by atoms with Crippen LogP contribution in [-0.4, -0.2) is 36.3 Å². The monoisotopic (exact) mass is 263 g/mol. The standard InChI is InChI=1S/C14H21N3O2/c1-4-11-7-5-6-8-12(11)16-13(18)9-17(3)14(19)10(2)15/h5-8,10H,4,9,15H2,1-3H3,(H,16,18)/t10-/m1/s1. The summed E-state index contributed by atoms with van der Waals surface area (Å²) >= 11 is 0. The number of hydrogen-bond donors (Lipinski definition) is 2. The van der Waals surface area contributed by atoms with Crippen molar-refractivity contribution in [3.63, 3.8) is 0 Å². The van der Waals surface area contributed by atoms with Crippen LogP contribution in [0.15, 0.2) is 24.3 Å². The van der Waals surface area contributed by atoms with Crippen molar-refractivity contribution >= 4 is 17.5 Å². The van der Waals surface area contributed by atoms with E-state index < -0.39 is 6.04 Å². The van der Waals surface area contributed by atoms with Crippen LogP contribution in [0, 0.1) is 0 Å². The largest absolute Gasteiger partial charge is 0.335 e. The van der Waals surface area contributed by atoms with E-state index in [0.717, 1.165) is 17.7 Å². The molecule has 0 fully saturated rings. The summed E-state index contributed by atoms with van der Waals surface area (Å²) in [5.74, 6) is -0.476. The highest BCUT2D eigenvalue weighted by atomic mass is 16.2. The van der Waals surface area contributed by atoms with E-state index in [0.29, 0.717) is 0 Å². The molecular formula is C14H21N3O2. The molecule has 0 unspecified atom stereocenters. The van der Waals surface area contributed by atoms with Crippen LogP contribution < -0.4 is 11.1 Å². The number of anilines is 1. The third-order valence-electron chi connectivity index (χ3n) is 2.82. The fourth-order valence-corrected chi connectivity index (χ4v) is 1.78. The van der Waals surface area contributed by atoms with Crippen molar-refractivity contribution in [2.45, 2.75) is 26.3 Å². The summed E-state index contributed by atoms with van der Waals surface area (Å²) in [7, 11) is 1.57. The first-order valence-corrected chi connectivity index (χ1v) is 6.34. The molecule has 0 aliphatic rings. The number of carbonyl (C=O) groups is 2. The smallest absolute Gasteiger partial charge is 0.243 e. The molecule has 1 aromatic rings. The maximum absolute atomic E-state index is 11.9. The third-order valence-corrected chi connectivity index (χ3v) is 2.82. The van der Waals surface area contributed by atoms with Crippen LogP contribution in [0.1, 0.15) is 19.4 Å². The van der Waals surface area contributed by atoms with Crippen LogP contribution in [0.5, 0.6) is 0 Å². The van der Waals surface area contributed by atoms with E-state index in [-0.39, 0.29) is 18.4 Å². The van der Waals surface area contributed by atoms with Crippen molar-refractivity contribution in [1.82, 2.24) is 4.90 Å². The highest BCUT2D eigenvalue weighted by molar-refractivity contribution is 5.95. The van der Waals surface area contributed by atoms with E-state index in [1.807, 2.05) is 31.2 Å². The highest BCUT2D eigenvalue weighted by Crippen LogP contribution is 2.15. The Labute approximate surface area is 113 Å². The average molecular weight is 263 g/mol. The minimum atomic E-state index is -0.597. The number of nitrogens with one attached hydrogen (secondary N) is 1. The number of amides is 2. The first kappa shape index (κ1) is 15.2. The van der Waals surface area contributed by atoms with Gasteiger partial charge >= 0.3 is 0 Å². The summed E-state index contributed by atoms with van der Waals surface area (Å²) in [5.41, 5.74) is 7.34. The molecule has 3 N–H and O–H groups in total. The lowest BCUT2D eigenvalue weighted by atomic mass is 10.1. The van der Waals surface area contributed by atoms with Gasteiger partial charge in [0.2, 0.25) is 11.8 Å². The van der Waals surface area contributed by atoms with E-state index in [2.05, 4.69) is 5.32 Å². The van der Waals surface area contributed by atoms with E-state index >= 15 is 0 Å². The van der Waals surface area contributed by atoms with Crippen molar-refractivity contribution < 1.29 is 9.59 Å². The minimum absolute atomic E-state index is 0.00157. The topological polar surface area (TPSA) is 75.4 Å². The number of para-hydroxylation sites is 1. The Bertz CT molecular complexity index is 458. The van der Waals surface area contributed by atoms with Crippen molar-refractivity contribution in [3.8, 4) is 0 Å². The fraction of sp³-hybridized carbons (Fsp3) is 0.429. The lowest BCUT2D eigenvalue weighted by Gasteiger charge is -2.19. The van der Waals surface area contributed by atoms with Crippen LogP contribution in [0.2, 0.25) is 0 Å². The highest BCUT2D eigenvalue weighted by Gasteiger charge is 2.16. The second kappa shape index (κ2) is 6.89. The molecule has 0 saturated carbocycles. The van der Waals surface area contributed by atoms with Crippen LogP contribution in [-0.2, 0) is 16.0 Å². The molecule has 2 amide bonds. The molecule has 0 saturated heterocycles. The van der Waals surface area contributed by atoms with Gasteiger partial charge in [0.1, 0.15) is 0 Å². The van der Waals surface area contributed by atoms with Gasteiger partial charge in [0.05, 0.1) is 12.6 Å². The Morgan fingerprint density at radius 1 is 1.37 bits per heavy atom. The van der Waals surface area contributed by atoms with Crippen molar-refractivity contribution in [3.05, 3.63) is 29.8 Å². The van der Waals surface area contributed by atoms with Gasteiger partial charge in [0.15, 0.2) is 0 Å². The molecule has 0 spiro atoms. The Morgan fingerprint density at radius 3 is 2.58 bits per heavy atom. The Hall–Kier alpha value is -1.88. The lowest BCUT2D eigenvalue weighted by Crippen LogP contribution is -2.43. The molecule has 0 heterocycles. The molecule has 0 radical (unpaired) electrons. The predicted octanol–water partition coefficient (Wildman–Crippen LogP) is 0.993. The maximum atomic E-state index is 11.9. The van der Waals surface area contributed by atoms with Crippen LogP contribution >= 0.6 is 0 Å². The van der Waals surface area contributed by atoms with Gasteiger partial charge in [-0.2, -0.15) is 0 Å². The molecule has 104 valence electrons. The predicted molar refractivity (Wildman–Crippen MR) is 75.7 cm³/mol. The van der Waals surface area contributed by atoms with Gasteiger partial charge in [-0.3, -0.25) is 9.59 Å². The summed E-state index contributed by atoms with van der Waals surface area (Å²) in [6, 6.07) is 7.02. The number of likely N-dealkylation sites (N-methyl/N-ethyl adjacent to an activating group) is 1. The number of nitrogens with zero attached hydrogens (tertiary/aromatic N) is 1. The van der Waals surface area contributed by atoms with E-state index in [9.17, 15) is 9.59 Å². The van der Waals surface area contributed by atoms with Crippen molar-refractivity contribution in [2.75, 3.05) is 18.9 Å². The third kappa shape index (κ3) is 4.37. The first-order valence-electron chi connectivity index (χ1n) is 6.34. The zero-order chi connectivity index (χ0) is 14.4. The van der Waals surface area contributed by atoms with Crippen LogP contribution in [0.4, 0.5) is 5.69 Å². The molecule has 0 aliphatic heterocycles. The van der Waals surface area contributed by atoms with Gasteiger partial charge in [-0.25, -0.2) is 0 Å². The number of nitrogens with two attached hydrogens (primary N) is 1. The van der Waals surface area contributed by atoms with E-state index in [1.165, 1.54) is 4.90 Å². The Balaban J connectivity index is 2.63. The van der Waals surface area contributed by atoms with Gasteiger partial charge in [-0.15, -0.1) is 0 Å². The van der Waals surface area contributed by atoms with Crippen molar-refractivity contribution in [1.29, 1.82) is 0 Å². The van der Waals surface area contributed by atoms with Gasteiger partial charge in [-0.1, -0.05) is 25.1 Å². The molecule has 19 heavy (non-hydrogen) atoms. The molecule has 1 rings (SSSR count). The second-order valence-corrected chi connectivity index (χ2v) is 4.54. The normalized spacial score (nSPS) is 11.8. The molecule has 5 nitrogen and oxygen atoms in total. The molecule has 0 bridgehead atoms. The molecular weight excluding hydrogens is 242 g/mol. The summed E-state index contributed by atoms with van der Waals surface area (Å²) in [5, 5.41) is 2.81. The summed E-state index contributed by atoms with van der Waals surface area (Å²) < 4.78 is 0. The zero-order valence-corrected chi connectivity index (χ0v) is 11.6. The summed E-state index contributed by atoms with van der Waals surface area (Å²) in [4.78, 5) is 24.8. The number of aryl methyl sites for hydroxylation is 1. The lowest BCUT2D eigenvalue weighted by molar-refractivity contribution is -0.134. The molecule has 0 aromatic heterocycles. The van der Waals surface area contributed by atoms with Gasteiger partial charge < -0.3 is 16.0 Å². The summed E-state index contributed by atoms with van der Waals surface area (Å²) in [6.45, 7) is 3.62. The van der Waals surface area contributed by atoms with Gasteiger partial charge in [-0.05, 0) is 25.0 Å². The minimum Gasteiger partial charge on any atom is -0.335 e. The van der Waals surface area contributed by atoms with Crippen LogP contribution in [0.25, 0.3) is 0 Å². The van der Waals surface area contributed by atoms with E-state index in [4.69, 9.17) is 5.73 Å². The quantitative estimate of drug-likeness (QED) is 0.832. The molecule has 5 heteroatoms. The number of rotatable bonds is 5. The number of benzene rings is 1. The molecule has 1 aromatic carbocycles. The Morgan fingerprint density at radius 2 is 2.00 bits per heavy atom. The number of carbonyl (C=O) groups excluding carboxylic acids is 2.